The molecule has 0 aromatic heterocycles. The lowest BCUT2D eigenvalue weighted by atomic mass is 9.82. The Balaban J connectivity index is 1.41. The molecule has 2 heteroatoms. The first-order valence-corrected chi connectivity index (χ1v) is 7.87. The molecule has 2 aliphatic heterocycles. The molecular formula is C17H23NO. The smallest absolute Gasteiger partial charge is 0.0733 e. The van der Waals surface area contributed by atoms with Crippen molar-refractivity contribution in [2.24, 2.45) is 0 Å². The maximum atomic E-state index is 5.93. The summed E-state index contributed by atoms with van der Waals surface area (Å²) in [4.78, 5) is 0. The van der Waals surface area contributed by atoms with E-state index in [-0.39, 0.29) is 0 Å². The van der Waals surface area contributed by atoms with E-state index in [0.29, 0.717) is 24.2 Å². The number of hydrogen-bond donors (Lipinski definition) is 1. The Morgan fingerprint density at radius 2 is 2.11 bits per heavy atom. The van der Waals surface area contributed by atoms with Crippen molar-refractivity contribution in [3.8, 4) is 0 Å². The molecule has 1 aromatic rings. The van der Waals surface area contributed by atoms with Crippen molar-refractivity contribution in [1.82, 2.24) is 5.32 Å². The Kier molecular flexibility index (Phi) is 3.08. The van der Waals surface area contributed by atoms with Crippen LogP contribution in [0.25, 0.3) is 0 Å². The topological polar surface area (TPSA) is 21.3 Å². The summed E-state index contributed by atoms with van der Waals surface area (Å²) in [5.74, 6) is 0.712. The summed E-state index contributed by atoms with van der Waals surface area (Å²) in [6.45, 7) is 1.13. The van der Waals surface area contributed by atoms with E-state index in [4.69, 9.17) is 4.74 Å². The number of hydrogen-bond acceptors (Lipinski definition) is 2. The first kappa shape index (κ1) is 11.9. The lowest BCUT2D eigenvalue weighted by Crippen LogP contribution is -2.40. The zero-order valence-electron chi connectivity index (χ0n) is 11.5. The Morgan fingerprint density at radius 1 is 1.16 bits per heavy atom. The van der Waals surface area contributed by atoms with Gasteiger partial charge in [0.2, 0.25) is 0 Å². The van der Waals surface area contributed by atoms with Crippen LogP contribution in [0.2, 0.25) is 0 Å². The third kappa shape index (κ3) is 2.21. The van der Waals surface area contributed by atoms with Gasteiger partial charge in [-0.1, -0.05) is 24.3 Å². The van der Waals surface area contributed by atoms with Gasteiger partial charge in [0.25, 0.3) is 0 Å². The highest BCUT2D eigenvalue weighted by atomic mass is 16.5. The minimum atomic E-state index is 0.504. The number of benzene rings is 1. The third-order valence-electron chi connectivity index (χ3n) is 5.23. The molecule has 1 N–H and O–H groups in total. The van der Waals surface area contributed by atoms with Crippen LogP contribution in [0.15, 0.2) is 24.3 Å². The van der Waals surface area contributed by atoms with Crippen molar-refractivity contribution in [3.63, 3.8) is 0 Å². The van der Waals surface area contributed by atoms with Crippen LogP contribution < -0.4 is 5.32 Å². The minimum absolute atomic E-state index is 0.504. The second kappa shape index (κ2) is 4.92. The van der Waals surface area contributed by atoms with E-state index in [1.165, 1.54) is 38.5 Å². The summed E-state index contributed by atoms with van der Waals surface area (Å²) in [6, 6.07) is 9.63. The largest absolute Gasteiger partial charge is 0.373 e. The van der Waals surface area contributed by atoms with Crippen LogP contribution in [0.4, 0.5) is 0 Å². The molecule has 2 bridgehead atoms. The van der Waals surface area contributed by atoms with Crippen LogP contribution in [0, 0.1) is 0 Å². The van der Waals surface area contributed by atoms with Gasteiger partial charge in [0.1, 0.15) is 0 Å². The van der Waals surface area contributed by atoms with Crippen molar-refractivity contribution in [3.05, 3.63) is 35.4 Å². The Hall–Kier alpha value is -0.860. The predicted molar refractivity (Wildman–Crippen MR) is 76.4 cm³/mol. The molecule has 19 heavy (non-hydrogen) atoms. The van der Waals surface area contributed by atoms with Crippen molar-refractivity contribution >= 4 is 0 Å². The normalized spacial score (nSPS) is 36.4. The predicted octanol–water partition coefficient (Wildman–Crippen LogP) is 3.02. The van der Waals surface area contributed by atoms with Crippen molar-refractivity contribution in [1.29, 1.82) is 0 Å². The first-order chi connectivity index (χ1) is 9.40. The van der Waals surface area contributed by atoms with E-state index in [9.17, 15) is 0 Å². The molecule has 0 amide bonds. The summed E-state index contributed by atoms with van der Waals surface area (Å²) in [5, 5.41) is 3.80. The molecule has 4 atom stereocenters. The second-order valence-corrected chi connectivity index (χ2v) is 6.41. The molecule has 1 aromatic carbocycles. The van der Waals surface area contributed by atoms with E-state index in [1.807, 2.05) is 0 Å². The molecule has 4 unspecified atom stereocenters. The zero-order valence-corrected chi connectivity index (χ0v) is 11.5. The maximum absolute atomic E-state index is 5.93. The number of rotatable bonds is 3. The summed E-state index contributed by atoms with van der Waals surface area (Å²) in [6.07, 6.45) is 8.80. The summed E-state index contributed by atoms with van der Waals surface area (Å²) in [7, 11) is 0. The third-order valence-corrected chi connectivity index (χ3v) is 5.23. The monoisotopic (exact) mass is 257 g/mol. The van der Waals surface area contributed by atoms with E-state index in [2.05, 4.69) is 29.6 Å². The van der Waals surface area contributed by atoms with Gasteiger partial charge in [-0.3, -0.25) is 0 Å². The van der Waals surface area contributed by atoms with Gasteiger partial charge >= 0.3 is 0 Å². The highest BCUT2D eigenvalue weighted by Crippen LogP contribution is 2.35. The van der Waals surface area contributed by atoms with Crippen LogP contribution in [-0.4, -0.2) is 24.8 Å². The molecule has 4 rings (SSSR count). The van der Waals surface area contributed by atoms with Crippen LogP contribution >= 0.6 is 0 Å². The van der Waals surface area contributed by atoms with E-state index < -0.39 is 0 Å². The molecule has 2 nitrogen and oxygen atoms in total. The van der Waals surface area contributed by atoms with Gasteiger partial charge in [-0.05, 0) is 55.6 Å². The molecule has 2 saturated heterocycles. The molecule has 1 aliphatic carbocycles. The van der Waals surface area contributed by atoms with Crippen molar-refractivity contribution in [2.45, 2.75) is 62.7 Å². The molecular weight excluding hydrogens is 234 g/mol. The lowest BCUT2D eigenvalue weighted by molar-refractivity contribution is 0.0972. The summed E-state index contributed by atoms with van der Waals surface area (Å²) < 4.78 is 5.93. The number of ether oxygens (including phenoxy) is 1. The van der Waals surface area contributed by atoms with E-state index in [1.54, 1.807) is 11.1 Å². The maximum Gasteiger partial charge on any atom is 0.0733 e. The number of fused-ring (bicyclic) bond motifs is 3. The van der Waals surface area contributed by atoms with Crippen LogP contribution in [0.5, 0.6) is 0 Å². The highest BCUT2D eigenvalue weighted by molar-refractivity contribution is 5.32. The fourth-order valence-corrected chi connectivity index (χ4v) is 4.21. The molecule has 3 aliphatic rings. The van der Waals surface area contributed by atoms with Gasteiger partial charge in [0, 0.05) is 12.6 Å². The fourth-order valence-electron chi connectivity index (χ4n) is 4.21. The molecule has 0 saturated carbocycles. The lowest BCUT2D eigenvalue weighted by Gasteiger charge is -2.28. The van der Waals surface area contributed by atoms with Gasteiger partial charge in [-0.2, -0.15) is 0 Å². The summed E-state index contributed by atoms with van der Waals surface area (Å²) in [5.41, 5.74) is 3.16. The van der Waals surface area contributed by atoms with Gasteiger partial charge in [0.05, 0.1) is 12.2 Å². The van der Waals surface area contributed by atoms with Crippen LogP contribution in [0.3, 0.4) is 0 Å². The van der Waals surface area contributed by atoms with Crippen LogP contribution in [0.1, 0.15) is 49.1 Å². The molecule has 0 radical (unpaired) electrons. The van der Waals surface area contributed by atoms with Gasteiger partial charge in [-0.25, -0.2) is 0 Å². The molecule has 2 fully saturated rings. The van der Waals surface area contributed by atoms with Gasteiger partial charge in [-0.15, -0.1) is 0 Å². The van der Waals surface area contributed by atoms with Gasteiger partial charge in [0.15, 0.2) is 0 Å². The van der Waals surface area contributed by atoms with E-state index in [0.717, 1.165) is 6.54 Å². The average Bonchev–Trinajstić information content (AvgIpc) is 3.07. The fraction of sp³-hybridized carbons (Fsp3) is 0.647. The second-order valence-electron chi connectivity index (χ2n) is 6.41. The van der Waals surface area contributed by atoms with Gasteiger partial charge < -0.3 is 10.1 Å². The van der Waals surface area contributed by atoms with E-state index >= 15 is 0 Å². The molecule has 2 heterocycles. The quantitative estimate of drug-likeness (QED) is 0.898. The minimum Gasteiger partial charge on any atom is -0.373 e. The summed E-state index contributed by atoms with van der Waals surface area (Å²) >= 11 is 0. The first-order valence-electron chi connectivity index (χ1n) is 7.87. The SMILES string of the molecule is c1ccc2c(c1)CCCC2CNC1CC2CCC1O2. The van der Waals surface area contributed by atoms with Crippen molar-refractivity contribution in [2.75, 3.05) is 6.54 Å². The zero-order chi connectivity index (χ0) is 12.7. The average molecular weight is 257 g/mol. The Bertz CT molecular complexity index is 458. The Labute approximate surface area is 115 Å². The van der Waals surface area contributed by atoms with Crippen LogP contribution in [-0.2, 0) is 11.2 Å². The standard InChI is InChI=1S/C17H23NO/c1-2-7-15-12(4-1)5-3-6-13(15)11-18-16-10-14-8-9-17(16)19-14/h1-2,4,7,13-14,16-18H,3,5-6,8-11H2. The Morgan fingerprint density at radius 3 is 2.95 bits per heavy atom. The molecule has 0 spiro atoms. The molecule has 102 valence electrons. The number of nitrogens with one attached hydrogen (secondary N) is 1. The number of aryl methyl sites for hydroxylation is 1. The highest BCUT2D eigenvalue weighted by Gasteiger charge is 2.40. The van der Waals surface area contributed by atoms with Crippen molar-refractivity contribution < 1.29 is 4.74 Å².